The van der Waals surface area contributed by atoms with E-state index in [-0.39, 0.29) is 5.78 Å². The highest BCUT2D eigenvalue weighted by Crippen LogP contribution is 2.23. The number of aromatic amines is 1. The van der Waals surface area contributed by atoms with Crippen molar-refractivity contribution in [1.29, 1.82) is 0 Å². The second-order valence-electron chi connectivity index (χ2n) is 5.43. The third kappa shape index (κ3) is 2.75. The van der Waals surface area contributed by atoms with Gasteiger partial charge in [-0.25, -0.2) is 0 Å². The number of carbonyl (C=O) groups is 1. The summed E-state index contributed by atoms with van der Waals surface area (Å²) in [7, 11) is 1.62. The van der Waals surface area contributed by atoms with Crippen molar-refractivity contribution in [2.45, 2.75) is 19.8 Å². The lowest BCUT2D eigenvalue weighted by atomic mass is 10.0. The summed E-state index contributed by atoms with van der Waals surface area (Å²) in [5.74, 6) is 0.927. The normalized spacial score (nSPS) is 10.8. The molecule has 0 aliphatic carbocycles. The van der Waals surface area contributed by atoms with Crippen LogP contribution in [0, 0.1) is 6.92 Å². The zero-order chi connectivity index (χ0) is 15.5. The number of benzene rings is 2. The summed E-state index contributed by atoms with van der Waals surface area (Å²) in [6.45, 7) is 2.06. The number of para-hydroxylation sites is 1. The largest absolute Gasteiger partial charge is 0.497 e. The van der Waals surface area contributed by atoms with Gasteiger partial charge in [0.2, 0.25) is 0 Å². The quantitative estimate of drug-likeness (QED) is 0.713. The second-order valence-corrected chi connectivity index (χ2v) is 5.43. The Hall–Kier alpha value is -2.55. The zero-order valence-corrected chi connectivity index (χ0v) is 12.8. The first-order chi connectivity index (χ1) is 10.7. The van der Waals surface area contributed by atoms with Crippen molar-refractivity contribution in [3.8, 4) is 5.75 Å². The third-order valence-corrected chi connectivity index (χ3v) is 4.04. The lowest BCUT2D eigenvalue weighted by Gasteiger charge is -2.04. The molecule has 0 radical (unpaired) electrons. The fraction of sp³-hybridized carbons (Fsp3) is 0.211. The van der Waals surface area contributed by atoms with Gasteiger partial charge in [0.1, 0.15) is 5.75 Å². The molecule has 0 aliphatic rings. The highest BCUT2D eigenvalue weighted by molar-refractivity contribution is 5.96. The maximum atomic E-state index is 12.3. The topological polar surface area (TPSA) is 42.1 Å². The van der Waals surface area contributed by atoms with Crippen LogP contribution in [0.5, 0.6) is 5.75 Å². The summed E-state index contributed by atoms with van der Waals surface area (Å²) in [5, 5.41) is 1.21. The first-order valence-electron chi connectivity index (χ1n) is 7.42. The van der Waals surface area contributed by atoms with Crippen LogP contribution < -0.4 is 4.74 Å². The predicted molar refractivity (Wildman–Crippen MR) is 88.7 cm³/mol. The molecule has 2 aromatic carbocycles. The summed E-state index contributed by atoms with van der Waals surface area (Å²) in [4.78, 5) is 15.7. The zero-order valence-electron chi connectivity index (χ0n) is 12.8. The number of fused-ring (bicyclic) bond motifs is 1. The number of rotatable bonds is 5. The molecule has 0 saturated carbocycles. The van der Waals surface area contributed by atoms with Gasteiger partial charge in [0.15, 0.2) is 5.78 Å². The van der Waals surface area contributed by atoms with E-state index in [0.717, 1.165) is 28.9 Å². The highest BCUT2D eigenvalue weighted by atomic mass is 16.5. The Kier molecular flexibility index (Phi) is 3.96. The summed E-state index contributed by atoms with van der Waals surface area (Å²) >= 11 is 0. The molecule has 3 nitrogen and oxygen atoms in total. The number of H-pyrrole nitrogens is 1. The Morgan fingerprint density at radius 3 is 2.55 bits per heavy atom. The molecule has 3 rings (SSSR count). The van der Waals surface area contributed by atoms with Gasteiger partial charge in [-0.05, 0) is 49.2 Å². The summed E-state index contributed by atoms with van der Waals surface area (Å²) in [6, 6.07) is 15.5. The van der Waals surface area contributed by atoms with E-state index in [9.17, 15) is 4.79 Å². The van der Waals surface area contributed by atoms with E-state index in [0.29, 0.717) is 6.42 Å². The van der Waals surface area contributed by atoms with E-state index in [1.807, 2.05) is 36.4 Å². The average Bonchev–Trinajstić information content (AvgIpc) is 2.88. The molecule has 0 spiro atoms. The number of hydrogen-bond acceptors (Lipinski definition) is 2. The maximum Gasteiger partial charge on any atom is 0.163 e. The van der Waals surface area contributed by atoms with Crippen LogP contribution >= 0.6 is 0 Å². The number of Topliss-reactive ketones (excluding diaryl/α,β-unsaturated/α-hetero) is 1. The van der Waals surface area contributed by atoms with E-state index in [1.165, 1.54) is 10.9 Å². The van der Waals surface area contributed by atoms with Gasteiger partial charge in [-0.3, -0.25) is 4.79 Å². The number of ether oxygens (including phenoxy) is 1. The van der Waals surface area contributed by atoms with Gasteiger partial charge in [-0.15, -0.1) is 0 Å². The molecule has 0 bridgehead atoms. The number of methoxy groups -OCH3 is 1. The SMILES string of the molecule is COc1ccc(C(=O)CCc2c(C)[nH]c3ccccc23)cc1. The van der Waals surface area contributed by atoms with Gasteiger partial charge in [0, 0.05) is 28.6 Å². The molecule has 0 amide bonds. The molecular formula is C19H19NO2. The van der Waals surface area contributed by atoms with Crippen molar-refractivity contribution in [2.75, 3.05) is 7.11 Å². The van der Waals surface area contributed by atoms with E-state index in [4.69, 9.17) is 4.74 Å². The van der Waals surface area contributed by atoms with Crippen LogP contribution in [0.2, 0.25) is 0 Å². The average molecular weight is 293 g/mol. The standard InChI is InChI=1S/C19H19NO2/c1-13-16(17-5-3-4-6-18(17)20-13)11-12-19(21)14-7-9-15(22-2)10-8-14/h3-10,20H,11-12H2,1-2H3. The Morgan fingerprint density at radius 2 is 1.82 bits per heavy atom. The Balaban J connectivity index is 1.75. The monoisotopic (exact) mass is 293 g/mol. The van der Waals surface area contributed by atoms with Crippen LogP contribution in [0.15, 0.2) is 48.5 Å². The van der Waals surface area contributed by atoms with Crippen molar-refractivity contribution >= 4 is 16.7 Å². The minimum absolute atomic E-state index is 0.160. The molecule has 22 heavy (non-hydrogen) atoms. The third-order valence-electron chi connectivity index (χ3n) is 4.04. The Bertz CT molecular complexity index is 800. The van der Waals surface area contributed by atoms with Crippen LogP contribution in [0.1, 0.15) is 28.0 Å². The van der Waals surface area contributed by atoms with Crippen molar-refractivity contribution in [1.82, 2.24) is 4.98 Å². The van der Waals surface area contributed by atoms with Crippen LogP contribution in [0.4, 0.5) is 0 Å². The van der Waals surface area contributed by atoms with Gasteiger partial charge in [0.05, 0.1) is 7.11 Å². The number of aryl methyl sites for hydroxylation is 2. The molecule has 0 unspecified atom stereocenters. The van der Waals surface area contributed by atoms with Gasteiger partial charge in [-0.1, -0.05) is 18.2 Å². The Morgan fingerprint density at radius 1 is 1.09 bits per heavy atom. The molecular weight excluding hydrogens is 274 g/mol. The van der Waals surface area contributed by atoms with E-state index >= 15 is 0 Å². The minimum Gasteiger partial charge on any atom is -0.497 e. The fourth-order valence-corrected chi connectivity index (χ4v) is 2.82. The molecule has 0 aliphatic heterocycles. The van der Waals surface area contributed by atoms with Crippen LogP contribution in [-0.2, 0) is 6.42 Å². The first-order valence-corrected chi connectivity index (χ1v) is 7.42. The molecule has 1 heterocycles. The van der Waals surface area contributed by atoms with Crippen molar-refractivity contribution in [3.63, 3.8) is 0 Å². The molecule has 0 saturated heterocycles. The number of ketones is 1. The van der Waals surface area contributed by atoms with E-state index in [1.54, 1.807) is 7.11 Å². The van der Waals surface area contributed by atoms with Crippen LogP contribution in [-0.4, -0.2) is 17.9 Å². The van der Waals surface area contributed by atoms with Gasteiger partial charge in [-0.2, -0.15) is 0 Å². The molecule has 3 heteroatoms. The van der Waals surface area contributed by atoms with Crippen LogP contribution in [0.25, 0.3) is 10.9 Å². The van der Waals surface area contributed by atoms with Gasteiger partial charge < -0.3 is 9.72 Å². The minimum atomic E-state index is 0.160. The predicted octanol–water partition coefficient (Wildman–Crippen LogP) is 4.30. The number of nitrogens with one attached hydrogen (secondary N) is 1. The molecule has 112 valence electrons. The molecule has 3 aromatic rings. The molecule has 0 atom stereocenters. The molecule has 1 aromatic heterocycles. The first kappa shape index (κ1) is 14.4. The van der Waals surface area contributed by atoms with Crippen LogP contribution in [0.3, 0.4) is 0 Å². The second kappa shape index (κ2) is 6.06. The number of carbonyl (C=O) groups excluding carboxylic acids is 1. The van der Waals surface area contributed by atoms with Gasteiger partial charge in [0.25, 0.3) is 0 Å². The smallest absolute Gasteiger partial charge is 0.163 e. The summed E-state index contributed by atoms with van der Waals surface area (Å²) in [6.07, 6.45) is 1.26. The Labute approximate surface area is 129 Å². The molecule has 1 N–H and O–H groups in total. The van der Waals surface area contributed by atoms with Gasteiger partial charge >= 0.3 is 0 Å². The molecule has 0 fully saturated rings. The summed E-state index contributed by atoms with van der Waals surface area (Å²) < 4.78 is 5.12. The number of hydrogen-bond donors (Lipinski definition) is 1. The van der Waals surface area contributed by atoms with E-state index in [2.05, 4.69) is 24.0 Å². The fourth-order valence-electron chi connectivity index (χ4n) is 2.82. The van der Waals surface area contributed by atoms with Crippen molar-refractivity contribution in [3.05, 3.63) is 65.4 Å². The summed E-state index contributed by atoms with van der Waals surface area (Å²) in [5.41, 5.74) is 4.24. The highest BCUT2D eigenvalue weighted by Gasteiger charge is 2.11. The lowest BCUT2D eigenvalue weighted by Crippen LogP contribution is -2.01. The maximum absolute atomic E-state index is 12.3. The number of aromatic nitrogens is 1. The van der Waals surface area contributed by atoms with Crippen molar-refractivity contribution in [2.24, 2.45) is 0 Å². The van der Waals surface area contributed by atoms with E-state index < -0.39 is 0 Å². The lowest BCUT2D eigenvalue weighted by molar-refractivity contribution is 0.0983. The van der Waals surface area contributed by atoms with Crippen molar-refractivity contribution < 1.29 is 9.53 Å².